The molecule has 3 fully saturated rings. The number of nitrogens with zero attached hydrogens (tertiary/aromatic N) is 2. The van der Waals surface area contributed by atoms with E-state index in [1.54, 1.807) is 11.3 Å². The summed E-state index contributed by atoms with van der Waals surface area (Å²) in [6.45, 7) is 6.97. The summed E-state index contributed by atoms with van der Waals surface area (Å²) in [5.41, 5.74) is 2.99. The lowest BCUT2D eigenvalue weighted by molar-refractivity contribution is -0.112. The zero-order chi connectivity index (χ0) is 20.5. The van der Waals surface area contributed by atoms with Gasteiger partial charge in [-0.1, -0.05) is 30.3 Å². The monoisotopic (exact) mass is 422 g/mol. The number of likely N-dealkylation sites (tertiary alicyclic amines) is 2. The molecule has 0 spiro atoms. The molecule has 2 aromatic rings. The van der Waals surface area contributed by atoms with Crippen molar-refractivity contribution in [2.45, 2.75) is 57.0 Å². The fraction of sp³-hybridized carbons (Fsp3) is 0.577. The van der Waals surface area contributed by atoms with E-state index in [4.69, 9.17) is 0 Å². The molecule has 1 aliphatic carbocycles. The Kier molecular flexibility index (Phi) is 6.08. The van der Waals surface area contributed by atoms with E-state index in [0.29, 0.717) is 11.8 Å². The normalized spacial score (nSPS) is 30.6. The smallest absolute Gasteiger partial charge is 0.142 e. The van der Waals surface area contributed by atoms with Gasteiger partial charge in [-0.2, -0.15) is 0 Å². The second-order valence-electron chi connectivity index (χ2n) is 9.68. The molecule has 2 aliphatic heterocycles. The fourth-order valence-electron chi connectivity index (χ4n) is 6.26. The van der Waals surface area contributed by atoms with Crippen molar-refractivity contribution in [1.82, 2.24) is 9.80 Å². The van der Waals surface area contributed by atoms with E-state index in [9.17, 15) is 4.79 Å². The predicted octanol–water partition coefficient (Wildman–Crippen LogP) is 5.14. The van der Waals surface area contributed by atoms with Crippen LogP contribution in [0.2, 0.25) is 0 Å². The van der Waals surface area contributed by atoms with E-state index >= 15 is 0 Å². The standard InChI is InChI=1S/C26H34N2OS/c1-19-4-2-13-27(19)14-12-20-6-8-21(9-7-20)23-11-10-22-16-28(17-24(22)23)25(18-29)26-5-3-15-30-26/h3,5-9,15,18-19,22-25H,2,4,10-14,16-17H2,1H3. The van der Waals surface area contributed by atoms with Crippen molar-refractivity contribution in [3.8, 4) is 0 Å². The van der Waals surface area contributed by atoms with Crippen molar-refractivity contribution in [2.75, 3.05) is 26.2 Å². The van der Waals surface area contributed by atoms with Crippen molar-refractivity contribution in [3.63, 3.8) is 0 Å². The highest BCUT2D eigenvalue weighted by Crippen LogP contribution is 2.49. The summed E-state index contributed by atoms with van der Waals surface area (Å²) in [6.07, 6.45) is 7.64. The molecule has 5 atom stereocenters. The Morgan fingerprint density at radius 3 is 2.70 bits per heavy atom. The summed E-state index contributed by atoms with van der Waals surface area (Å²) in [5, 5.41) is 2.08. The predicted molar refractivity (Wildman–Crippen MR) is 124 cm³/mol. The molecule has 160 valence electrons. The van der Waals surface area contributed by atoms with Crippen molar-refractivity contribution in [3.05, 3.63) is 57.8 Å². The number of hydrogen-bond donors (Lipinski definition) is 0. The van der Waals surface area contributed by atoms with Gasteiger partial charge in [-0.15, -0.1) is 11.3 Å². The van der Waals surface area contributed by atoms with E-state index in [-0.39, 0.29) is 6.04 Å². The molecule has 0 amide bonds. The largest absolute Gasteiger partial charge is 0.301 e. The maximum absolute atomic E-state index is 11.8. The quantitative estimate of drug-likeness (QED) is 0.577. The number of carbonyl (C=O) groups excluding carboxylic acids is 1. The van der Waals surface area contributed by atoms with Crippen LogP contribution in [-0.4, -0.2) is 48.3 Å². The highest BCUT2D eigenvalue weighted by atomic mass is 32.1. The van der Waals surface area contributed by atoms with Crippen LogP contribution in [0.25, 0.3) is 0 Å². The zero-order valence-electron chi connectivity index (χ0n) is 18.1. The van der Waals surface area contributed by atoms with Crippen LogP contribution in [0.3, 0.4) is 0 Å². The summed E-state index contributed by atoms with van der Waals surface area (Å²) < 4.78 is 0. The number of carbonyl (C=O) groups is 1. The molecule has 2 saturated heterocycles. The second kappa shape index (κ2) is 8.94. The number of aldehydes is 1. The summed E-state index contributed by atoms with van der Waals surface area (Å²) in [7, 11) is 0. The number of fused-ring (bicyclic) bond motifs is 1. The van der Waals surface area contributed by atoms with Crippen molar-refractivity contribution >= 4 is 17.6 Å². The molecule has 1 saturated carbocycles. The zero-order valence-corrected chi connectivity index (χ0v) is 18.9. The van der Waals surface area contributed by atoms with Crippen LogP contribution in [-0.2, 0) is 11.2 Å². The first-order valence-corrected chi connectivity index (χ1v) is 12.7. The minimum Gasteiger partial charge on any atom is -0.301 e. The summed E-state index contributed by atoms with van der Waals surface area (Å²) >= 11 is 1.71. The highest BCUT2D eigenvalue weighted by molar-refractivity contribution is 7.10. The lowest BCUT2D eigenvalue weighted by Crippen LogP contribution is -2.29. The first-order valence-electron chi connectivity index (χ1n) is 11.8. The SMILES string of the molecule is CC1CCCN1CCc1ccc(C2CCC3CN(C(C=O)c4cccs4)CC32)cc1. The molecular formula is C26H34N2OS. The number of benzene rings is 1. The number of rotatable bonds is 7. The maximum Gasteiger partial charge on any atom is 0.142 e. The molecular weight excluding hydrogens is 388 g/mol. The topological polar surface area (TPSA) is 23.6 Å². The van der Waals surface area contributed by atoms with Gasteiger partial charge in [0.2, 0.25) is 0 Å². The molecule has 3 aliphatic rings. The first kappa shape index (κ1) is 20.4. The van der Waals surface area contributed by atoms with Gasteiger partial charge in [0, 0.05) is 30.6 Å². The Morgan fingerprint density at radius 1 is 1.13 bits per heavy atom. The maximum atomic E-state index is 11.8. The van der Waals surface area contributed by atoms with Crippen molar-refractivity contribution < 1.29 is 4.79 Å². The lowest BCUT2D eigenvalue weighted by atomic mass is 9.86. The van der Waals surface area contributed by atoms with Crippen LogP contribution < -0.4 is 0 Å². The third-order valence-corrected chi connectivity index (χ3v) is 8.97. The minimum absolute atomic E-state index is 0.0494. The molecule has 1 aromatic heterocycles. The molecule has 0 bridgehead atoms. The molecule has 3 nitrogen and oxygen atoms in total. The molecule has 0 N–H and O–H groups in total. The van der Waals surface area contributed by atoms with Crippen molar-refractivity contribution in [1.29, 1.82) is 0 Å². The van der Waals surface area contributed by atoms with Crippen LogP contribution in [0.4, 0.5) is 0 Å². The molecule has 4 heteroatoms. The van der Waals surface area contributed by atoms with Gasteiger partial charge in [-0.3, -0.25) is 4.90 Å². The molecule has 3 heterocycles. The van der Waals surface area contributed by atoms with E-state index in [0.717, 1.165) is 37.8 Å². The second-order valence-corrected chi connectivity index (χ2v) is 10.7. The molecule has 0 radical (unpaired) electrons. The van der Waals surface area contributed by atoms with Gasteiger partial charge in [-0.25, -0.2) is 0 Å². The molecule has 5 rings (SSSR count). The molecule has 1 aromatic carbocycles. The average molecular weight is 423 g/mol. The Morgan fingerprint density at radius 2 is 2.00 bits per heavy atom. The van der Waals surface area contributed by atoms with E-state index < -0.39 is 0 Å². The van der Waals surface area contributed by atoms with Crippen molar-refractivity contribution in [2.24, 2.45) is 11.8 Å². The van der Waals surface area contributed by atoms with Gasteiger partial charge in [0.1, 0.15) is 12.3 Å². The third-order valence-electron chi connectivity index (χ3n) is 8.03. The third kappa shape index (κ3) is 4.02. The van der Waals surface area contributed by atoms with Crippen LogP contribution in [0.5, 0.6) is 0 Å². The summed E-state index contributed by atoms with van der Waals surface area (Å²) in [6, 6.07) is 14.4. The fourth-order valence-corrected chi connectivity index (χ4v) is 7.08. The van der Waals surface area contributed by atoms with E-state index in [2.05, 4.69) is 58.5 Å². The van der Waals surface area contributed by atoms with Crippen LogP contribution in [0, 0.1) is 11.8 Å². The Balaban J connectivity index is 1.22. The first-order chi connectivity index (χ1) is 14.7. The average Bonchev–Trinajstić information content (AvgIpc) is 3.53. The Hall–Kier alpha value is -1.49. The van der Waals surface area contributed by atoms with Crippen LogP contribution in [0.1, 0.15) is 60.6 Å². The van der Waals surface area contributed by atoms with E-state index in [1.807, 2.05) is 0 Å². The lowest BCUT2D eigenvalue weighted by Gasteiger charge is -2.25. The Bertz CT molecular complexity index is 833. The van der Waals surface area contributed by atoms with Crippen LogP contribution in [0.15, 0.2) is 41.8 Å². The Labute approximate surface area is 185 Å². The van der Waals surface area contributed by atoms with Gasteiger partial charge in [0.25, 0.3) is 0 Å². The number of thiophene rings is 1. The highest BCUT2D eigenvalue weighted by Gasteiger charge is 2.45. The van der Waals surface area contributed by atoms with Crippen LogP contribution >= 0.6 is 11.3 Å². The van der Waals surface area contributed by atoms with Gasteiger partial charge >= 0.3 is 0 Å². The minimum atomic E-state index is -0.0494. The molecule has 30 heavy (non-hydrogen) atoms. The van der Waals surface area contributed by atoms with Gasteiger partial charge in [0.15, 0.2) is 0 Å². The summed E-state index contributed by atoms with van der Waals surface area (Å²) in [5.74, 6) is 2.10. The van der Waals surface area contributed by atoms with E-state index in [1.165, 1.54) is 54.8 Å². The number of hydrogen-bond acceptors (Lipinski definition) is 4. The molecule has 5 unspecified atom stereocenters. The van der Waals surface area contributed by atoms with Gasteiger partial charge in [0.05, 0.1) is 0 Å². The summed E-state index contributed by atoms with van der Waals surface area (Å²) in [4.78, 5) is 18.1. The van der Waals surface area contributed by atoms with Gasteiger partial charge in [-0.05, 0) is 85.9 Å². The van der Waals surface area contributed by atoms with Gasteiger partial charge < -0.3 is 9.69 Å².